The molecule has 6 nitrogen and oxygen atoms in total. The van der Waals surface area contributed by atoms with Crippen LogP contribution in [0.5, 0.6) is 0 Å². The van der Waals surface area contributed by atoms with Crippen LogP contribution in [0.15, 0.2) is 37.2 Å². The van der Waals surface area contributed by atoms with Crippen molar-refractivity contribution in [1.82, 2.24) is 29.1 Å². The Balaban J connectivity index is 0.874. The van der Waals surface area contributed by atoms with Crippen molar-refractivity contribution in [2.45, 2.75) is 149 Å². The van der Waals surface area contributed by atoms with Crippen LogP contribution in [0, 0.1) is 53.3 Å². The molecule has 3 aliphatic heterocycles. The molecule has 0 radical (unpaired) electrons. The van der Waals surface area contributed by atoms with Crippen molar-refractivity contribution < 1.29 is 0 Å². The molecule has 15 rings (SSSR count). The number of hydrogen-bond acceptors (Lipinski definition) is 9. The summed E-state index contributed by atoms with van der Waals surface area (Å²) in [5, 5.41) is 0. The van der Waals surface area contributed by atoms with Crippen LogP contribution in [0.4, 0.5) is 0 Å². The van der Waals surface area contributed by atoms with Gasteiger partial charge in [0.2, 0.25) is 0 Å². The normalized spacial score (nSPS) is 53.9. The van der Waals surface area contributed by atoms with Crippen molar-refractivity contribution in [1.29, 1.82) is 0 Å². The summed E-state index contributed by atoms with van der Waals surface area (Å²) in [6.07, 6.45) is 40.0. The zero-order valence-corrected chi connectivity index (χ0v) is 31.9. The predicted molar refractivity (Wildman–Crippen MR) is 205 cm³/mol. The largest absolute Gasteiger partial charge is 0.510 e. The molecule has 0 N–H and O–H groups in total. The van der Waals surface area contributed by atoms with E-state index in [0.29, 0.717) is 0 Å². The Morgan fingerprint density at radius 1 is 0.347 bits per heavy atom. The Morgan fingerprint density at radius 2 is 0.551 bits per heavy atom. The van der Waals surface area contributed by atoms with Crippen LogP contribution < -0.4 is 0 Å². The van der Waals surface area contributed by atoms with E-state index in [2.05, 4.69) is 66.3 Å². The summed E-state index contributed by atoms with van der Waals surface area (Å²) in [5.41, 5.74) is 0.839. The topological polar surface area (TPSA) is 19.4 Å². The van der Waals surface area contributed by atoms with Gasteiger partial charge in [0.05, 0.1) is 0 Å². The Morgan fingerprint density at radius 3 is 0.755 bits per heavy atom. The maximum atomic E-state index is 5.59. The summed E-state index contributed by atoms with van der Waals surface area (Å²) in [5.74, 6) is 8.24. The molecule has 0 aromatic heterocycles. The molecule has 3 atom stereocenters. The lowest BCUT2D eigenvalue weighted by atomic mass is 9.52. The van der Waals surface area contributed by atoms with Crippen LogP contribution in [0.2, 0.25) is 0 Å². The van der Waals surface area contributed by atoms with Gasteiger partial charge in [-0.05, 0) is 169 Å². The first kappa shape index (κ1) is 30.6. The number of rotatable bonds is 6. The molecule has 12 aliphatic carbocycles. The molecule has 12 bridgehead atoms. The van der Waals surface area contributed by atoms with Gasteiger partial charge < -0.3 is 29.1 Å². The van der Waals surface area contributed by atoms with Gasteiger partial charge in [0.15, 0.2) is 0 Å². The highest BCUT2D eigenvalue weighted by Crippen LogP contribution is 2.62. The first-order valence-electron chi connectivity index (χ1n) is 20.5. The fraction of sp³-hybridized carbons (Fsp3) is 0.846. The smallest absolute Gasteiger partial charge is 0.353 e. The van der Waals surface area contributed by atoms with Gasteiger partial charge in [-0.2, -0.15) is 0 Å². The summed E-state index contributed by atoms with van der Waals surface area (Å²) in [7, 11) is -0.0482. The van der Waals surface area contributed by atoms with E-state index in [0.717, 1.165) is 53.3 Å². The van der Waals surface area contributed by atoms with Gasteiger partial charge in [0, 0.05) is 53.8 Å². The van der Waals surface area contributed by atoms with Crippen LogP contribution in [-0.4, -0.2) is 69.4 Å². The van der Waals surface area contributed by atoms with Gasteiger partial charge in [-0.15, -0.1) is 37.9 Å². The minimum Gasteiger partial charge on any atom is -0.353 e. The quantitative estimate of drug-likeness (QED) is 0.192. The highest BCUT2D eigenvalue weighted by atomic mass is 32.1. The molecule has 12 saturated carbocycles. The molecule has 10 heteroatoms. The van der Waals surface area contributed by atoms with E-state index >= 15 is 0 Å². The van der Waals surface area contributed by atoms with Crippen LogP contribution in [0.3, 0.4) is 0 Å². The second-order valence-electron chi connectivity index (χ2n) is 20.3. The first-order chi connectivity index (χ1) is 23.8. The first-order valence-corrected chi connectivity index (χ1v) is 22.1. The second kappa shape index (κ2) is 10.4. The second-order valence-corrected chi connectivity index (χ2v) is 21.7. The van der Waals surface area contributed by atoms with Crippen molar-refractivity contribution in [2.24, 2.45) is 53.3 Å². The predicted octanol–water partition coefficient (Wildman–Crippen LogP) is 7.78. The molecular formula is C39H57BN6S3. The highest BCUT2D eigenvalue weighted by molar-refractivity contribution is 7.81. The minimum atomic E-state index is -0.0482. The lowest BCUT2D eigenvalue weighted by Gasteiger charge is -2.62. The summed E-state index contributed by atoms with van der Waals surface area (Å²) in [4.78, 5) is 15.9. The molecule has 264 valence electrons. The fourth-order valence-corrected chi connectivity index (χ4v) is 18.3. The molecule has 0 aromatic carbocycles. The molecule has 0 spiro atoms. The van der Waals surface area contributed by atoms with E-state index in [4.69, 9.17) is 37.9 Å². The molecule has 49 heavy (non-hydrogen) atoms. The third-order valence-corrected chi connectivity index (χ3v) is 18.8. The summed E-state index contributed by atoms with van der Waals surface area (Å²) in [6.45, 7) is 0. The van der Waals surface area contributed by atoms with Crippen molar-refractivity contribution >= 4 is 45.0 Å². The van der Waals surface area contributed by atoms with Crippen LogP contribution in [-0.2, 0) is 0 Å². The zero-order chi connectivity index (χ0) is 32.4. The number of nitrogens with zero attached hydrogens (tertiary/aromatic N) is 6. The Labute approximate surface area is 311 Å². The number of thiol groups is 3. The van der Waals surface area contributed by atoms with Crippen LogP contribution in [0.1, 0.15) is 116 Å². The van der Waals surface area contributed by atoms with Gasteiger partial charge in [0.25, 0.3) is 0 Å². The molecule has 15 aliphatic rings. The molecule has 3 heterocycles. The third kappa shape index (κ3) is 4.32. The highest BCUT2D eigenvalue weighted by Gasteiger charge is 2.61. The molecule has 0 aromatic rings. The molecular weight excluding hydrogens is 659 g/mol. The van der Waals surface area contributed by atoms with E-state index in [1.165, 1.54) is 116 Å². The standard InChI is InChI=1S/C39H57BN6S3/c47-34-41(37-16-25-7-26(17-37)9-27(8-25)18-37)1-4-44(34)40(45-5-2-42(35(45)48)38-19-28-10-29(20-38)12-30(11-28)21-38)46-6-3-43(36(46)49)39-22-31-13-32(23-39)15-33(14-31)24-39/h1-6,25-36,47-49H,7-24H2. The summed E-state index contributed by atoms with van der Waals surface area (Å²) in [6, 6.07) is 0. The van der Waals surface area contributed by atoms with Gasteiger partial charge in [-0.25, -0.2) is 0 Å². The lowest BCUT2D eigenvalue weighted by Crippen LogP contribution is -2.69. The van der Waals surface area contributed by atoms with Gasteiger partial charge in [-0.1, -0.05) is 0 Å². The lowest BCUT2D eigenvalue weighted by molar-refractivity contribution is -0.0817. The average molecular weight is 717 g/mol. The van der Waals surface area contributed by atoms with Crippen LogP contribution >= 0.6 is 37.9 Å². The van der Waals surface area contributed by atoms with Crippen molar-refractivity contribution in [3.63, 3.8) is 0 Å². The Kier molecular flexibility index (Phi) is 6.50. The summed E-state index contributed by atoms with van der Waals surface area (Å²) < 4.78 is 0. The SMILES string of the molecule is SC1N(B(N2C=CN(C34CC5CC(CC(C5)C3)C4)C2S)N2C=CN(C34CC5CC(CC(C5)C3)C4)C2S)C=CN1C12CC3CC(CC(C3)C1)C2. The van der Waals surface area contributed by atoms with Gasteiger partial charge >= 0.3 is 7.12 Å². The molecule has 12 fully saturated rings. The maximum absolute atomic E-state index is 5.59. The van der Waals surface area contributed by atoms with Gasteiger partial charge in [0.1, 0.15) is 16.5 Å². The monoisotopic (exact) mass is 716 g/mol. The maximum Gasteiger partial charge on any atom is 0.510 e. The molecule has 3 unspecified atom stereocenters. The third-order valence-electron chi connectivity index (χ3n) is 17.2. The molecule has 0 saturated heterocycles. The van der Waals surface area contributed by atoms with Crippen molar-refractivity contribution in [3.8, 4) is 0 Å². The van der Waals surface area contributed by atoms with E-state index in [9.17, 15) is 0 Å². The zero-order valence-electron chi connectivity index (χ0n) is 29.2. The number of hydrogen-bond donors (Lipinski definition) is 3. The summed E-state index contributed by atoms with van der Waals surface area (Å²) >= 11 is 16.8. The minimum absolute atomic E-state index is 0.00585. The van der Waals surface area contributed by atoms with Crippen molar-refractivity contribution in [3.05, 3.63) is 37.2 Å². The van der Waals surface area contributed by atoms with Gasteiger partial charge in [-0.3, -0.25) is 0 Å². The van der Waals surface area contributed by atoms with E-state index in [1.807, 2.05) is 0 Å². The van der Waals surface area contributed by atoms with E-state index < -0.39 is 0 Å². The Bertz CT molecular complexity index is 1210. The Hall–Kier alpha value is -0.865. The fourth-order valence-electron chi connectivity index (χ4n) is 16.7. The van der Waals surface area contributed by atoms with Crippen molar-refractivity contribution in [2.75, 3.05) is 0 Å². The average Bonchev–Trinajstić information content (AvgIpc) is 3.73. The molecule has 0 amide bonds. The van der Waals surface area contributed by atoms with E-state index in [1.54, 1.807) is 0 Å². The van der Waals surface area contributed by atoms with E-state index in [-0.39, 0.29) is 40.2 Å². The van der Waals surface area contributed by atoms with Crippen LogP contribution in [0.25, 0.3) is 0 Å².